The second-order valence-electron chi connectivity index (χ2n) is 6.71. The standard InChI is InChI=1S/C21H24N2O4/c1-13-9-14(2)20(15(3)10-13)22-18(24)12-23(4)19(25)11-16-7-5-6-8-17(16)21(26)27/h5-10H,11-12H2,1-4H3,(H,22,24)(H,26,27). The molecule has 2 aromatic carbocycles. The molecule has 0 unspecified atom stereocenters. The number of hydrogen-bond donors (Lipinski definition) is 2. The Morgan fingerprint density at radius 1 is 1.04 bits per heavy atom. The number of likely N-dealkylation sites (N-methyl/N-ethyl adjacent to an activating group) is 1. The van der Waals surface area contributed by atoms with Crippen LogP contribution in [0.5, 0.6) is 0 Å². The molecule has 27 heavy (non-hydrogen) atoms. The molecule has 2 aromatic rings. The number of carbonyl (C=O) groups is 3. The Balaban J connectivity index is 2.03. The summed E-state index contributed by atoms with van der Waals surface area (Å²) in [5.74, 6) is -1.70. The van der Waals surface area contributed by atoms with Crippen molar-refractivity contribution < 1.29 is 19.5 Å². The van der Waals surface area contributed by atoms with Gasteiger partial charge in [0.05, 0.1) is 18.5 Å². The molecule has 0 saturated heterocycles. The monoisotopic (exact) mass is 368 g/mol. The van der Waals surface area contributed by atoms with Crippen molar-refractivity contribution in [3.05, 3.63) is 64.2 Å². The topological polar surface area (TPSA) is 86.7 Å². The van der Waals surface area contributed by atoms with Crippen molar-refractivity contribution in [2.75, 3.05) is 18.9 Å². The third kappa shape index (κ3) is 5.17. The number of hydrogen-bond acceptors (Lipinski definition) is 3. The number of rotatable bonds is 6. The minimum absolute atomic E-state index is 0.0746. The summed E-state index contributed by atoms with van der Waals surface area (Å²) in [6, 6.07) is 10.3. The molecule has 0 aliphatic carbocycles. The summed E-state index contributed by atoms with van der Waals surface area (Å²) >= 11 is 0. The highest BCUT2D eigenvalue weighted by Gasteiger charge is 2.18. The molecule has 0 saturated carbocycles. The maximum atomic E-state index is 12.4. The zero-order valence-electron chi connectivity index (χ0n) is 16.0. The Labute approximate surface area is 158 Å². The minimum Gasteiger partial charge on any atom is -0.478 e. The van der Waals surface area contributed by atoms with Gasteiger partial charge in [0.1, 0.15) is 0 Å². The van der Waals surface area contributed by atoms with E-state index in [4.69, 9.17) is 0 Å². The molecule has 0 aliphatic rings. The highest BCUT2D eigenvalue weighted by atomic mass is 16.4. The molecule has 2 rings (SSSR count). The molecule has 0 aliphatic heterocycles. The van der Waals surface area contributed by atoms with E-state index >= 15 is 0 Å². The number of amides is 2. The van der Waals surface area contributed by atoms with Crippen molar-refractivity contribution in [2.45, 2.75) is 27.2 Å². The normalized spacial score (nSPS) is 10.4. The Bertz CT molecular complexity index is 866. The molecule has 0 radical (unpaired) electrons. The first-order chi connectivity index (χ1) is 12.7. The Morgan fingerprint density at radius 2 is 1.63 bits per heavy atom. The van der Waals surface area contributed by atoms with Crippen molar-refractivity contribution >= 4 is 23.5 Å². The molecular formula is C21H24N2O4. The smallest absolute Gasteiger partial charge is 0.335 e. The minimum atomic E-state index is -1.08. The van der Waals surface area contributed by atoms with Gasteiger partial charge in [-0.2, -0.15) is 0 Å². The third-order valence-electron chi connectivity index (χ3n) is 4.34. The lowest BCUT2D eigenvalue weighted by atomic mass is 10.0. The van der Waals surface area contributed by atoms with Crippen LogP contribution in [0.2, 0.25) is 0 Å². The predicted molar refractivity (Wildman–Crippen MR) is 104 cm³/mol. The second kappa shape index (κ2) is 8.49. The third-order valence-corrected chi connectivity index (χ3v) is 4.34. The average Bonchev–Trinajstić information content (AvgIpc) is 2.58. The quantitative estimate of drug-likeness (QED) is 0.821. The van der Waals surface area contributed by atoms with Gasteiger partial charge in [0.15, 0.2) is 0 Å². The Hall–Kier alpha value is -3.15. The van der Waals surface area contributed by atoms with Crippen LogP contribution < -0.4 is 5.32 Å². The van der Waals surface area contributed by atoms with Crippen LogP contribution in [0, 0.1) is 20.8 Å². The number of carboxylic acid groups (broad SMARTS) is 1. The van der Waals surface area contributed by atoms with Crippen molar-refractivity contribution in [1.82, 2.24) is 4.90 Å². The van der Waals surface area contributed by atoms with E-state index in [1.54, 1.807) is 18.2 Å². The van der Waals surface area contributed by atoms with E-state index in [0.29, 0.717) is 5.56 Å². The Kier molecular flexibility index (Phi) is 6.34. The summed E-state index contributed by atoms with van der Waals surface area (Å²) in [7, 11) is 1.53. The lowest BCUT2D eigenvalue weighted by Crippen LogP contribution is -2.36. The fourth-order valence-corrected chi connectivity index (χ4v) is 3.04. The van der Waals surface area contributed by atoms with Crippen LogP contribution in [-0.4, -0.2) is 41.4 Å². The molecule has 0 aromatic heterocycles. The molecule has 0 atom stereocenters. The molecule has 0 heterocycles. The van der Waals surface area contributed by atoms with E-state index in [1.807, 2.05) is 32.9 Å². The molecule has 0 spiro atoms. The van der Waals surface area contributed by atoms with Crippen LogP contribution in [0.1, 0.15) is 32.6 Å². The lowest BCUT2D eigenvalue weighted by Gasteiger charge is -2.19. The van der Waals surface area contributed by atoms with Crippen LogP contribution in [-0.2, 0) is 16.0 Å². The summed E-state index contributed by atoms with van der Waals surface area (Å²) < 4.78 is 0. The van der Waals surface area contributed by atoms with Gasteiger partial charge in [-0.05, 0) is 43.5 Å². The van der Waals surface area contributed by atoms with Gasteiger partial charge in [-0.25, -0.2) is 4.79 Å². The number of nitrogens with zero attached hydrogens (tertiary/aromatic N) is 1. The van der Waals surface area contributed by atoms with Crippen LogP contribution in [0.15, 0.2) is 36.4 Å². The maximum Gasteiger partial charge on any atom is 0.335 e. The zero-order chi connectivity index (χ0) is 20.1. The van der Waals surface area contributed by atoms with E-state index in [0.717, 1.165) is 22.4 Å². The molecule has 0 bridgehead atoms. The molecule has 6 nitrogen and oxygen atoms in total. The van der Waals surface area contributed by atoms with Crippen LogP contribution in [0.3, 0.4) is 0 Å². The number of carbonyl (C=O) groups excluding carboxylic acids is 2. The fourth-order valence-electron chi connectivity index (χ4n) is 3.04. The zero-order valence-corrected chi connectivity index (χ0v) is 16.0. The maximum absolute atomic E-state index is 12.4. The molecule has 2 N–H and O–H groups in total. The van der Waals surface area contributed by atoms with Crippen molar-refractivity contribution in [2.24, 2.45) is 0 Å². The van der Waals surface area contributed by atoms with E-state index in [9.17, 15) is 19.5 Å². The van der Waals surface area contributed by atoms with E-state index < -0.39 is 5.97 Å². The van der Waals surface area contributed by atoms with Gasteiger partial charge < -0.3 is 15.3 Å². The fraction of sp³-hybridized carbons (Fsp3) is 0.286. The summed E-state index contributed by atoms with van der Waals surface area (Å²) in [4.78, 5) is 37.3. The van der Waals surface area contributed by atoms with Crippen molar-refractivity contribution in [3.8, 4) is 0 Å². The average molecular weight is 368 g/mol. The van der Waals surface area contributed by atoms with Crippen LogP contribution >= 0.6 is 0 Å². The highest BCUT2D eigenvalue weighted by molar-refractivity contribution is 5.96. The van der Waals surface area contributed by atoms with Gasteiger partial charge in [-0.1, -0.05) is 35.9 Å². The SMILES string of the molecule is Cc1cc(C)c(NC(=O)CN(C)C(=O)Cc2ccccc2C(=O)O)c(C)c1. The predicted octanol–water partition coefficient (Wildman–Crippen LogP) is 2.95. The van der Waals surface area contributed by atoms with Gasteiger partial charge in [0, 0.05) is 12.7 Å². The second-order valence-corrected chi connectivity index (χ2v) is 6.71. The van der Waals surface area contributed by atoms with Gasteiger partial charge >= 0.3 is 5.97 Å². The summed E-state index contributed by atoms with van der Waals surface area (Å²) in [6.07, 6.45) is -0.0746. The number of benzene rings is 2. The van der Waals surface area contributed by atoms with E-state index in [2.05, 4.69) is 5.32 Å². The molecular weight excluding hydrogens is 344 g/mol. The number of nitrogens with one attached hydrogen (secondary N) is 1. The van der Waals surface area contributed by atoms with E-state index in [1.165, 1.54) is 18.0 Å². The van der Waals surface area contributed by atoms with Gasteiger partial charge in [-0.3, -0.25) is 9.59 Å². The van der Waals surface area contributed by atoms with Crippen LogP contribution in [0.25, 0.3) is 0 Å². The first kappa shape index (κ1) is 20.2. The number of aromatic carboxylic acids is 1. The summed E-state index contributed by atoms with van der Waals surface area (Å²) in [5.41, 5.74) is 4.31. The Morgan fingerprint density at radius 3 is 2.22 bits per heavy atom. The number of anilines is 1. The largest absolute Gasteiger partial charge is 0.478 e. The van der Waals surface area contributed by atoms with Gasteiger partial charge in [0.2, 0.25) is 11.8 Å². The molecule has 0 fully saturated rings. The van der Waals surface area contributed by atoms with Crippen LogP contribution in [0.4, 0.5) is 5.69 Å². The van der Waals surface area contributed by atoms with Crippen molar-refractivity contribution in [1.29, 1.82) is 0 Å². The lowest BCUT2D eigenvalue weighted by molar-refractivity contribution is -0.132. The first-order valence-electron chi connectivity index (χ1n) is 8.62. The molecule has 6 heteroatoms. The molecule has 2 amide bonds. The first-order valence-corrected chi connectivity index (χ1v) is 8.62. The summed E-state index contributed by atoms with van der Waals surface area (Å²) in [5, 5.41) is 12.1. The van der Waals surface area contributed by atoms with Crippen molar-refractivity contribution in [3.63, 3.8) is 0 Å². The number of carboxylic acids is 1. The highest BCUT2D eigenvalue weighted by Crippen LogP contribution is 2.21. The summed E-state index contributed by atoms with van der Waals surface area (Å²) in [6.45, 7) is 5.73. The number of aryl methyl sites for hydroxylation is 3. The van der Waals surface area contributed by atoms with Gasteiger partial charge in [0.25, 0.3) is 0 Å². The van der Waals surface area contributed by atoms with Gasteiger partial charge in [-0.15, -0.1) is 0 Å². The molecule has 142 valence electrons. The van der Waals surface area contributed by atoms with E-state index in [-0.39, 0.29) is 30.3 Å².